The molecule has 0 heterocycles. The predicted octanol–water partition coefficient (Wildman–Crippen LogP) is 3.35. The minimum absolute atomic E-state index is 0.360. The first-order valence-electron chi connectivity index (χ1n) is 8.10. The van der Waals surface area contributed by atoms with Crippen molar-refractivity contribution < 1.29 is 14.6 Å². The van der Waals surface area contributed by atoms with Crippen molar-refractivity contribution in [2.24, 2.45) is 23.7 Å². The normalized spacial score (nSPS) is 40.3. The highest BCUT2D eigenvalue weighted by molar-refractivity contribution is 5.50. The van der Waals surface area contributed by atoms with Gasteiger partial charge in [-0.15, -0.1) is 0 Å². The Morgan fingerprint density at radius 3 is 1.81 bits per heavy atom. The standard InChI is InChI=1S/C18H24O3/c1-20-15-4-3-5-16(21-2)17(15)18(19)13-7-11-6-12(9-13)10-14(18)8-11/h3-5,11-14,19H,6-10H2,1-2H3. The van der Waals surface area contributed by atoms with Crippen molar-refractivity contribution in [3.8, 4) is 11.5 Å². The van der Waals surface area contributed by atoms with Crippen molar-refractivity contribution in [2.75, 3.05) is 14.2 Å². The molecule has 3 heteroatoms. The molecule has 0 atom stereocenters. The summed E-state index contributed by atoms with van der Waals surface area (Å²) < 4.78 is 11.1. The van der Waals surface area contributed by atoms with Gasteiger partial charge in [0.2, 0.25) is 0 Å². The van der Waals surface area contributed by atoms with E-state index in [-0.39, 0.29) is 0 Å². The van der Waals surface area contributed by atoms with E-state index in [4.69, 9.17) is 9.47 Å². The lowest BCUT2D eigenvalue weighted by molar-refractivity contribution is -0.180. The smallest absolute Gasteiger partial charge is 0.128 e. The summed E-state index contributed by atoms with van der Waals surface area (Å²) in [6, 6.07) is 5.82. The maximum Gasteiger partial charge on any atom is 0.128 e. The molecule has 114 valence electrons. The maximum atomic E-state index is 11.7. The molecule has 1 N–H and O–H groups in total. The Morgan fingerprint density at radius 2 is 1.38 bits per heavy atom. The molecule has 0 aromatic heterocycles. The fraction of sp³-hybridized carbons (Fsp3) is 0.667. The van der Waals surface area contributed by atoms with E-state index >= 15 is 0 Å². The van der Waals surface area contributed by atoms with Gasteiger partial charge in [-0.25, -0.2) is 0 Å². The summed E-state index contributed by atoms with van der Waals surface area (Å²) in [5.41, 5.74) is 0.120. The molecule has 5 rings (SSSR count). The van der Waals surface area contributed by atoms with Crippen molar-refractivity contribution in [3.05, 3.63) is 23.8 Å². The maximum absolute atomic E-state index is 11.7. The Balaban J connectivity index is 1.85. The van der Waals surface area contributed by atoms with Crippen molar-refractivity contribution in [3.63, 3.8) is 0 Å². The monoisotopic (exact) mass is 288 g/mol. The van der Waals surface area contributed by atoms with Gasteiger partial charge in [-0.1, -0.05) is 6.07 Å². The lowest BCUT2D eigenvalue weighted by Crippen LogP contribution is -2.55. The van der Waals surface area contributed by atoms with Crippen molar-refractivity contribution in [1.82, 2.24) is 0 Å². The quantitative estimate of drug-likeness (QED) is 0.927. The van der Waals surface area contributed by atoms with Gasteiger partial charge in [-0.05, 0) is 67.9 Å². The summed E-state index contributed by atoms with van der Waals surface area (Å²) in [6.07, 6.45) is 6.01. The summed E-state index contributed by atoms with van der Waals surface area (Å²) in [6.45, 7) is 0. The molecule has 4 fully saturated rings. The molecule has 1 aromatic rings. The summed E-state index contributed by atoms with van der Waals surface area (Å²) in [7, 11) is 3.36. The summed E-state index contributed by atoms with van der Waals surface area (Å²) >= 11 is 0. The van der Waals surface area contributed by atoms with Crippen molar-refractivity contribution in [2.45, 2.75) is 37.7 Å². The Kier molecular flexibility index (Phi) is 2.97. The first-order chi connectivity index (χ1) is 10.2. The third-order valence-electron chi connectivity index (χ3n) is 6.21. The van der Waals surface area contributed by atoms with Crippen LogP contribution in [0.25, 0.3) is 0 Å². The molecule has 4 bridgehead atoms. The number of aliphatic hydroxyl groups is 1. The fourth-order valence-electron chi connectivity index (χ4n) is 5.56. The first kappa shape index (κ1) is 13.4. The van der Waals surface area contributed by atoms with Gasteiger partial charge in [0.15, 0.2) is 0 Å². The number of rotatable bonds is 3. The molecule has 0 saturated heterocycles. The van der Waals surface area contributed by atoms with Gasteiger partial charge in [0, 0.05) is 0 Å². The van der Waals surface area contributed by atoms with Crippen LogP contribution in [0.2, 0.25) is 0 Å². The van der Waals surface area contributed by atoms with Gasteiger partial charge in [0.05, 0.1) is 19.8 Å². The van der Waals surface area contributed by atoms with Crippen molar-refractivity contribution >= 4 is 0 Å². The molecule has 0 amide bonds. The van der Waals surface area contributed by atoms with E-state index in [1.807, 2.05) is 18.2 Å². The molecular formula is C18H24O3. The van der Waals surface area contributed by atoms with E-state index < -0.39 is 5.60 Å². The summed E-state index contributed by atoms with van der Waals surface area (Å²) in [5, 5.41) is 11.7. The zero-order valence-corrected chi connectivity index (χ0v) is 12.8. The van der Waals surface area contributed by atoms with E-state index in [1.54, 1.807) is 14.2 Å². The molecule has 0 aliphatic heterocycles. The third-order valence-corrected chi connectivity index (χ3v) is 6.21. The molecule has 3 nitrogen and oxygen atoms in total. The van der Waals surface area contributed by atoms with E-state index in [0.29, 0.717) is 11.8 Å². The minimum atomic E-state index is -0.772. The molecule has 4 saturated carbocycles. The molecular weight excluding hydrogens is 264 g/mol. The van der Waals surface area contributed by atoms with Gasteiger partial charge in [0.1, 0.15) is 17.1 Å². The molecule has 1 aromatic carbocycles. The molecule has 4 aliphatic carbocycles. The summed E-state index contributed by atoms with van der Waals surface area (Å²) in [5.74, 6) is 3.91. The van der Waals surface area contributed by atoms with E-state index in [2.05, 4.69) is 0 Å². The number of ether oxygens (including phenoxy) is 2. The third kappa shape index (κ3) is 1.76. The Bertz CT molecular complexity index is 501. The van der Waals surface area contributed by atoms with Gasteiger partial charge in [-0.2, -0.15) is 0 Å². The second-order valence-corrected chi connectivity index (χ2v) is 7.17. The van der Waals surface area contributed by atoms with Crippen LogP contribution in [-0.2, 0) is 5.60 Å². The minimum Gasteiger partial charge on any atom is -0.496 e. The molecule has 0 unspecified atom stereocenters. The van der Waals surface area contributed by atoms with Gasteiger partial charge >= 0.3 is 0 Å². The van der Waals surface area contributed by atoms with Crippen LogP contribution in [0, 0.1) is 23.7 Å². The second kappa shape index (κ2) is 4.64. The topological polar surface area (TPSA) is 38.7 Å². The number of methoxy groups -OCH3 is 2. The highest BCUT2D eigenvalue weighted by Crippen LogP contribution is 2.63. The van der Waals surface area contributed by atoms with Gasteiger partial charge in [0.25, 0.3) is 0 Å². The second-order valence-electron chi connectivity index (χ2n) is 7.17. The lowest BCUT2D eigenvalue weighted by Gasteiger charge is -2.59. The zero-order valence-electron chi connectivity index (χ0n) is 12.8. The van der Waals surface area contributed by atoms with Crippen LogP contribution in [0.3, 0.4) is 0 Å². The van der Waals surface area contributed by atoms with E-state index in [0.717, 1.165) is 54.6 Å². The van der Waals surface area contributed by atoms with Crippen LogP contribution in [0.1, 0.15) is 37.7 Å². The Morgan fingerprint density at radius 1 is 0.905 bits per heavy atom. The van der Waals surface area contributed by atoms with Crippen LogP contribution < -0.4 is 9.47 Å². The van der Waals surface area contributed by atoms with Crippen LogP contribution in [0.15, 0.2) is 18.2 Å². The SMILES string of the molecule is COc1cccc(OC)c1C1(O)C2CC3CC(C2)CC1C3. The Labute approximate surface area is 126 Å². The van der Waals surface area contributed by atoms with Crippen LogP contribution in [-0.4, -0.2) is 19.3 Å². The number of hydrogen-bond donors (Lipinski definition) is 1. The molecule has 0 radical (unpaired) electrons. The highest BCUT2D eigenvalue weighted by atomic mass is 16.5. The molecule has 4 aliphatic rings. The molecule has 0 spiro atoms. The zero-order chi connectivity index (χ0) is 14.6. The number of benzene rings is 1. The fourth-order valence-corrected chi connectivity index (χ4v) is 5.56. The largest absolute Gasteiger partial charge is 0.496 e. The van der Waals surface area contributed by atoms with Gasteiger partial charge < -0.3 is 14.6 Å². The molecule has 21 heavy (non-hydrogen) atoms. The average Bonchev–Trinajstić information content (AvgIpc) is 2.50. The van der Waals surface area contributed by atoms with E-state index in [1.165, 1.54) is 6.42 Å². The van der Waals surface area contributed by atoms with E-state index in [9.17, 15) is 5.11 Å². The Hall–Kier alpha value is -1.22. The van der Waals surface area contributed by atoms with Crippen LogP contribution in [0.4, 0.5) is 0 Å². The average molecular weight is 288 g/mol. The van der Waals surface area contributed by atoms with Crippen molar-refractivity contribution in [1.29, 1.82) is 0 Å². The highest BCUT2D eigenvalue weighted by Gasteiger charge is 2.58. The lowest BCUT2D eigenvalue weighted by atomic mass is 9.48. The van der Waals surface area contributed by atoms with Crippen LogP contribution in [0.5, 0.6) is 11.5 Å². The van der Waals surface area contributed by atoms with Gasteiger partial charge in [-0.3, -0.25) is 0 Å². The van der Waals surface area contributed by atoms with Crippen LogP contribution >= 0.6 is 0 Å². The predicted molar refractivity (Wildman–Crippen MR) is 80.5 cm³/mol. The summed E-state index contributed by atoms with van der Waals surface area (Å²) in [4.78, 5) is 0. The first-order valence-corrected chi connectivity index (χ1v) is 8.10. The number of hydrogen-bond acceptors (Lipinski definition) is 3.